The second kappa shape index (κ2) is 15.3. The number of aliphatic hydroxyl groups is 1. The van der Waals surface area contributed by atoms with E-state index in [-0.39, 0.29) is 12.3 Å². The van der Waals surface area contributed by atoms with Gasteiger partial charge in [-0.2, -0.15) is 13.2 Å². The van der Waals surface area contributed by atoms with E-state index in [1.54, 1.807) is 44.2 Å². The average Bonchev–Trinajstić information content (AvgIpc) is 2.83. The minimum atomic E-state index is -5.09. The Morgan fingerprint density at radius 2 is 1.51 bits per heavy atom. The average molecular weight is 578 g/mol. The van der Waals surface area contributed by atoms with E-state index in [4.69, 9.17) is 5.73 Å². The van der Waals surface area contributed by atoms with Gasteiger partial charge in [0.25, 0.3) is 5.24 Å². The molecule has 0 heterocycles. The SMILES string of the molecule is CC(C)[C@H](NC(=O)S)C(=O)N[C@@H](Cc1ccccc1)C(=O)N[C@H](C)C(=O)N[C@H](CCC(N)=O)C(O)C(F)(F)F. The lowest BCUT2D eigenvalue weighted by atomic mass is 10.0. The van der Waals surface area contributed by atoms with E-state index < -0.39 is 78.2 Å². The van der Waals surface area contributed by atoms with Gasteiger partial charge in [0.1, 0.15) is 18.1 Å². The number of halogens is 3. The Balaban J connectivity index is 3.06. The first-order chi connectivity index (χ1) is 18.0. The van der Waals surface area contributed by atoms with Gasteiger partial charge in [0.2, 0.25) is 23.6 Å². The molecule has 11 nitrogen and oxygen atoms in total. The zero-order chi connectivity index (χ0) is 29.9. The summed E-state index contributed by atoms with van der Waals surface area (Å²) in [6, 6.07) is 2.97. The summed E-state index contributed by atoms with van der Waals surface area (Å²) in [7, 11) is 0. The predicted octanol–water partition coefficient (Wildman–Crippen LogP) is 0.556. The highest BCUT2D eigenvalue weighted by Gasteiger charge is 2.44. The number of amides is 5. The molecule has 5 amide bonds. The van der Waals surface area contributed by atoms with Crippen LogP contribution < -0.4 is 27.0 Å². The lowest BCUT2D eigenvalue weighted by Gasteiger charge is -2.28. The molecule has 39 heavy (non-hydrogen) atoms. The van der Waals surface area contributed by atoms with Crippen LogP contribution in [-0.2, 0) is 25.6 Å². The van der Waals surface area contributed by atoms with Crippen molar-refractivity contribution in [3.05, 3.63) is 35.9 Å². The molecule has 0 bridgehead atoms. The predicted molar refractivity (Wildman–Crippen MR) is 138 cm³/mol. The number of hydrogen-bond donors (Lipinski definition) is 7. The van der Waals surface area contributed by atoms with Crippen LogP contribution in [-0.4, -0.2) is 70.4 Å². The van der Waals surface area contributed by atoms with Gasteiger partial charge in [-0.25, -0.2) is 0 Å². The van der Waals surface area contributed by atoms with E-state index in [0.29, 0.717) is 5.56 Å². The number of hydrogen-bond acceptors (Lipinski definition) is 6. The van der Waals surface area contributed by atoms with Crippen LogP contribution in [0.2, 0.25) is 0 Å². The van der Waals surface area contributed by atoms with E-state index in [1.807, 2.05) is 5.32 Å². The number of nitrogens with two attached hydrogens (primary N) is 1. The lowest BCUT2D eigenvalue weighted by Crippen LogP contribution is -2.59. The number of rotatable bonds is 14. The summed E-state index contributed by atoms with van der Waals surface area (Å²) in [5, 5.41) is 18.1. The highest BCUT2D eigenvalue weighted by Crippen LogP contribution is 2.24. The van der Waals surface area contributed by atoms with Crippen molar-refractivity contribution in [3.63, 3.8) is 0 Å². The maximum absolute atomic E-state index is 13.1. The van der Waals surface area contributed by atoms with Gasteiger partial charge in [-0.15, -0.1) is 0 Å². The summed E-state index contributed by atoms with van der Waals surface area (Å²) in [5.74, 6) is -3.91. The molecule has 5 atom stereocenters. The molecule has 0 aliphatic rings. The normalized spacial score (nSPS) is 15.3. The van der Waals surface area contributed by atoms with E-state index in [1.165, 1.54) is 6.92 Å². The Labute approximate surface area is 229 Å². The second-order valence-corrected chi connectivity index (χ2v) is 9.67. The first kappa shape index (κ1) is 33.7. The number of alkyl halides is 3. The fraction of sp³-hybridized carbons (Fsp3) is 0.542. The van der Waals surface area contributed by atoms with Gasteiger partial charge in [-0.05, 0) is 24.8 Å². The monoisotopic (exact) mass is 577 g/mol. The third-order valence-electron chi connectivity index (χ3n) is 5.64. The van der Waals surface area contributed by atoms with Crippen molar-refractivity contribution >= 4 is 41.5 Å². The van der Waals surface area contributed by atoms with Crippen LogP contribution in [0.1, 0.15) is 39.2 Å². The van der Waals surface area contributed by atoms with E-state index in [9.17, 15) is 42.3 Å². The summed E-state index contributed by atoms with van der Waals surface area (Å²) in [6.07, 6.45) is -9.22. The number of primary amides is 1. The zero-order valence-corrected chi connectivity index (χ0v) is 22.5. The van der Waals surface area contributed by atoms with Crippen molar-refractivity contribution in [1.29, 1.82) is 0 Å². The molecule has 1 aromatic rings. The fourth-order valence-corrected chi connectivity index (χ4v) is 3.65. The number of nitrogens with one attached hydrogen (secondary N) is 4. The van der Waals surface area contributed by atoms with Crippen LogP contribution in [0.5, 0.6) is 0 Å². The van der Waals surface area contributed by atoms with Crippen LogP contribution in [0.15, 0.2) is 30.3 Å². The molecule has 0 saturated heterocycles. The summed E-state index contributed by atoms with van der Waals surface area (Å²) in [4.78, 5) is 61.1. The molecule has 218 valence electrons. The quantitative estimate of drug-likeness (QED) is 0.159. The van der Waals surface area contributed by atoms with Crippen molar-refractivity contribution < 1.29 is 42.3 Å². The Kier molecular flexibility index (Phi) is 13.2. The van der Waals surface area contributed by atoms with Crippen LogP contribution in [0.4, 0.5) is 18.0 Å². The lowest BCUT2D eigenvalue weighted by molar-refractivity contribution is -0.212. The van der Waals surface area contributed by atoms with Gasteiger partial charge in [-0.3, -0.25) is 24.0 Å². The zero-order valence-electron chi connectivity index (χ0n) is 21.6. The van der Waals surface area contributed by atoms with Gasteiger partial charge in [0.15, 0.2) is 6.10 Å². The molecular formula is C24H34F3N5O6S. The molecule has 0 saturated carbocycles. The molecule has 15 heteroatoms. The number of carbonyl (C=O) groups excluding carboxylic acids is 5. The van der Waals surface area contributed by atoms with Gasteiger partial charge in [0.05, 0.1) is 6.04 Å². The number of aliphatic hydroxyl groups excluding tert-OH is 1. The molecular weight excluding hydrogens is 543 g/mol. The summed E-state index contributed by atoms with van der Waals surface area (Å²) < 4.78 is 39.2. The van der Waals surface area contributed by atoms with E-state index >= 15 is 0 Å². The maximum Gasteiger partial charge on any atom is 0.416 e. The van der Waals surface area contributed by atoms with Crippen molar-refractivity contribution in [2.24, 2.45) is 11.7 Å². The molecule has 1 unspecified atom stereocenters. The largest absolute Gasteiger partial charge is 0.416 e. The van der Waals surface area contributed by atoms with E-state index in [2.05, 4.69) is 28.6 Å². The summed E-state index contributed by atoms with van der Waals surface area (Å²) >= 11 is 3.62. The molecule has 1 rings (SSSR count). The summed E-state index contributed by atoms with van der Waals surface area (Å²) in [5.41, 5.74) is 5.62. The number of thiol groups is 1. The Morgan fingerprint density at radius 1 is 0.923 bits per heavy atom. The minimum Gasteiger partial charge on any atom is -0.382 e. The number of carbonyl (C=O) groups is 5. The van der Waals surface area contributed by atoms with Crippen LogP contribution in [0.25, 0.3) is 0 Å². The van der Waals surface area contributed by atoms with Crippen LogP contribution >= 0.6 is 12.6 Å². The molecule has 1 aromatic carbocycles. The minimum absolute atomic E-state index is 0.0135. The molecule has 0 radical (unpaired) electrons. The standard InChI is InChI=1S/C24H34F3N5O6S/c1-12(2)18(32-23(38)39)22(37)31-16(11-14-7-5-4-6-8-14)21(36)29-13(3)20(35)30-15(9-10-17(28)33)19(34)24(25,26)27/h4-8,12-13,15-16,18-19,34H,9-11H2,1-3H3,(H2,28,33)(H,29,36)(H,30,35)(H,31,37)(H2,32,38,39)/t13-,15-,16+,18+,19?/m1/s1. The highest BCUT2D eigenvalue weighted by molar-refractivity contribution is 7.96. The molecule has 0 aromatic heterocycles. The van der Waals surface area contributed by atoms with Crippen molar-refractivity contribution in [2.45, 2.75) is 76.5 Å². The Hall–Kier alpha value is -3.33. The maximum atomic E-state index is 13.1. The van der Waals surface area contributed by atoms with Gasteiger partial charge < -0.3 is 32.1 Å². The third kappa shape index (κ3) is 11.9. The molecule has 0 fully saturated rings. The fourth-order valence-electron chi connectivity index (χ4n) is 3.51. The van der Waals surface area contributed by atoms with Crippen molar-refractivity contribution in [2.75, 3.05) is 0 Å². The van der Waals surface area contributed by atoms with Gasteiger partial charge in [0, 0.05) is 12.8 Å². The second-order valence-electron chi connectivity index (χ2n) is 9.26. The van der Waals surface area contributed by atoms with Crippen LogP contribution in [0.3, 0.4) is 0 Å². The molecule has 0 spiro atoms. The molecule has 0 aliphatic carbocycles. The van der Waals surface area contributed by atoms with Crippen molar-refractivity contribution in [3.8, 4) is 0 Å². The van der Waals surface area contributed by atoms with E-state index in [0.717, 1.165) is 0 Å². The smallest absolute Gasteiger partial charge is 0.382 e. The number of benzene rings is 1. The van der Waals surface area contributed by atoms with Crippen LogP contribution in [0, 0.1) is 5.92 Å². The third-order valence-corrected chi connectivity index (χ3v) is 5.77. The van der Waals surface area contributed by atoms with Crippen molar-refractivity contribution in [1.82, 2.24) is 21.3 Å². The molecule has 7 N–H and O–H groups in total. The highest BCUT2D eigenvalue weighted by atomic mass is 32.1. The van der Waals surface area contributed by atoms with Gasteiger partial charge >= 0.3 is 6.18 Å². The Morgan fingerprint density at radius 3 is 2.00 bits per heavy atom. The first-order valence-corrected chi connectivity index (χ1v) is 12.4. The molecule has 0 aliphatic heterocycles. The first-order valence-electron chi connectivity index (χ1n) is 12.0. The topological polar surface area (TPSA) is 180 Å². The summed E-state index contributed by atoms with van der Waals surface area (Å²) in [6.45, 7) is 4.52. The Bertz CT molecular complexity index is 1010. The van der Waals surface area contributed by atoms with Gasteiger partial charge in [-0.1, -0.05) is 56.8 Å².